The number of pyridine rings is 1. The standard InChI is InChI=1S/C14H19N3O3/c1-20-7-6-17-9-12(4-5-13(17)18)16-14(19)10-2-3-11(15)8-10/h2-5,9-11H,6-8,15H2,1H3,(H,16,19). The van der Waals surface area contributed by atoms with Gasteiger partial charge in [-0.2, -0.15) is 0 Å². The number of nitrogens with two attached hydrogens (primary N) is 1. The molecule has 6 heteroatoms. The Morgan fingerprint density at radius 3 is 2.95 bits per heavy atom. The molecule has 2 unspecified atom stereocenters. The Bertz CT molecular complexity index is 565. The maximum Gasteiger partial charge on any atom is 0.250 e. The highest BCUT2D eigenvalue weighted by atomic mass is 16.5. The first-order valence-corrected chi connectivity index (χ1v) is 6.54. The van der Waals surface area contributed by atoms with Crippen molar-refractivity contribution in [1.29, 1.82) is 0 Å². The highest BCUT2D eigenvalue weighted by Gasteiger charge is 2.22. The Morgan fingerprint density at radius 2 is 2.30 bits per heavy atom. The lowest BCUT2D eigenvalue weighted by atomic mass is 10.1. The molecule has 0 aromatic carbocycles. The van der Waals surface area contributed by atoms with E-state index in [1.165, 1.54) is 10.6 Å². The lowest BCUT2D eigenvalue weighted by molar-refractivity contribution is -0.118. The number of hydrogen-bond donors (Lipinski definition) is 2. The molecule has 20 heavy (non-hydrogen) atoms. The van der Waals surface area contributed by atoms with Crippen molar-refractivity contribution in [3.63, 3.8) is 0 Å². The van der Waals surface area contributed by atoms with Gasteiger partial charge in [-0.3, -0.25) is 9.59 Å². The van der Waals surface area contributed by atoms with Gasteiger partial charge in [-0.05, 0) is 12.5 Å². The largest absolute Gasteiger partial charge is 0.383 e. The number of ether oxygens (including phenoxy) is 1. The molecular formula is C14H19N3O3. The minimum Gasteiger partial charge on any atom is -0.383 e. The summed E-state index contributed by atoms with van der Waals surface area (Å²) in [5.74, 6) is -0.310. The van der Waals surface area contributed by atoms with Crippen LogP contribution in [0.25, 0.3) is 0 Å². The van der Waals surface area contributed by atoms with Crippen LogP contribution in [0.5, 0.6) is 0 Å². The van der Waals surface area contributed by atoms with Crippen LogP contribution in [0, 0.1) is 5.92 Å². The van der Waals surface area contributed by atoms with Gasteiger partial charge in [-0.1, -0.05) is 12.2 Å². The first-order chi connectivity index (χ1) is 9.60. The molecule has 2 atom stereocenters. The molecule has 108 valence electrons. The molecular weight excluding hydrogens is 258 g/mol. The monoisotopic (exact) mass is 277 g/mol. The van der Waals surface area contributed by atoms with E-state index in [1.807, 2.05) is 12.2 Å². The molecule has 0 radical (unpaired) electrons. The summed E-state index contributed by atoms with van der Waals surface area (Å²) in [5.41, 5.74) is 6.20. The number of hydrogen-bond acceptors (Lipinski definition) is 4. The van der Waals surface area contributed by atoms with Crippen molar-refractivity contribution < 1.29 is 9.53 Å². The lowest BCUT2D eigenvalue weighted by Crippen LogP contribution is -2.26. The topological polar surface area (TPSA) is 86.3 Å². The summed E-state index contributed by atoms with van der Waals surface area (Å²) in [6, 6.07) is 2.98. The van der Waals surface area contributed by atoms with Gasteiger partial charge in [0.25, 0.3) is 5.56 Å². The van der Waals surface area contributed by atoms with Crippen molar-refractivity contribution in [2.45, 2.75) is 19.0 Å². The molecule has 1 aromatic heterocycles. The van der Waals surface area contributed by atoms with Crippen LogP contribution in [0.15, 0.2) is 35.3 Å². The van der Waals surface area contributed by atoms with Crippen molar-refractivity contribution in [1.82, 2.24) is 4.57 Å². The van der Waals surface area contributed by atoms with Crippen LogP contribution in [0.2, 0.25) is 0 Å². The highest BCUT2D eigenvalue weighted by Crippen LogP contribution is 2.18. The van der Waals surface area contributed by atoms with Crippen LogP contribution in [-0.4, -0.2) is 30.2 Å². The van der Waals surface area contributed by atoms with Crippen molar-refractivity contribution in [2.75, 3.05) is 19.0 Å². The smallest absolute Gasteiger partial charge is 0.250 e. The predicted molar refractivity (Wildman–Crippen MR) is 76.4 cm³/mol. The fraction of sp³-hybridized carbons (Fsp3) is 0.429. The maximum atomic E-state index is 12.0. The third-order valence-electron chi connectivity index (χ3n) is 3.24. The second kappa shape index (κ2) is 6.49. The van der Waals surface area contributed by atoms with E-state index in [1.54, 1.807) is 19.4 Å². The summed E-state index contributed by atoms with van der Waals surface area (Å²) >= 11 is 0. The van der Waals surface area contributed by atoms with E-state index in [2.05, 4.69) is 5.32 Å². The van der Waals surface area contributed by atoms with Crippen LogP contribution in [0.4, 0.5) is 5.69 Å². The SMILES string of the molecule is COCCn1cc(NC(=O)C2C=CC(N)C2)ccc1=O. The summed E-state index contributed by atoms with van der Waals surface area (Å²) in [5, 5.41) is 2.80. The molecule has 1 aromatic rings. The molecule has 3 N–H and O–H groups in total. The van der Waals surface area contributed by atoms with Crippen LogP contribution < -0.4 is 16.6 Å². The molecule has 1 aliphatic carbocycles. The molecule has 6 nitrogen and oxygen atoms in total. The minimum absolute atomic E-state index is 0.0543. The first kappa shape index (κ1) is 14.5. The number of amides is 1. The molecule has 0 bridgehead atoms. The molecule has 1 aliphatic rings. The fourth-order valence-electron chi connectivity index (χ4n) is 2.13. The van der Waals surface area contributed by atoms with E-state index < -0.39 is 0 Å². The van der Waals surface area contributed by atoms with Crippen molar-refractivity contribution in [3.8, 4) is 0 Å². The Labute approximate surface area is 117 Å². The Kier molecular flexibility index (Phi) is 4.70. The summed E-state index contributed by atoms with van der Waals surface area (Å²) in [4.78, 5) is 23.7. The van der Waals surface area contributed by atoms with Gasteiger partial charge in [0.05, 0.1) is 18.2 Å². The summed E-state index contributed by atoms with van der Waals surface area (Å²) in [7, 11) is 1.58. The summed E-state index contributed by atoms with van der Waals surface area (Å²) in [6.07, 6.45) is 5.90. The molecule has 1 heterocycles. The molecule has 0 aliphatic heterocycles. The van der Waals surface area contributed by atoms with Gasteiger partial charge >= 0.3 is 0 Å². The van der Waals surface area contributed by atoms with Crippen LogP contribution in [0.3, 0.4) is 0 Å². The quantitative estimate of drug-likeness (QED) is 0.760. The molecule has 0 saturated carbocycles. The Morgan fingerprint density at radius 1 is 1.50 bits per heavy atom. The minimum atomic E-state index is -0.204. The Hall–Kier alpha value is -1.92. The number of methoxy groups -OCH3 is 1. The summed E-state index contributed by atoms with van der Waals surface area (Å²) in [6.45, 7) is 0.894. The second-order valence-corrected chi connectivity index (χ2v) is 4.82. The summed E-state index contributed by atoms with van der Waals surface area (Å²) < 4.78 is 6.45. The van der Waals surface area contributed by atoms with E-state index in [0.717, 1.165) is 0 Å². The third kappa shape index (κ3) is 3.55. The van der Waals surface area contributed by atoms with Crippen LogP contribution in [-0.2, 0) is 16.1 Å². The van der Waals surface area contributed by atoms with Crippen molar-refractivity contribution >= 4 is 11.6 Å². The number of carbonyl (C=O) groups excluding carboxylic acids is 1. The Balaban J connectivity index is 2.04. The number of anilines is 1. The van der Waals surface area contributed by atoms with Gasteiger partial charge in [0.15, 0.2) is 0 Å². The zero-order chi connectivity index (χ0) is 14.5. The second-order valence-electron chi connectivity index (χ2n) is 4.82. The number of carbonyl (C=O) groups is 1. The zero-order valence-corrected chi connectivity index (χ0v) is 11.4. The van der Waals surface area contributed by atoms with Crippen LogP contribution >= 0.6 is 0 Å². The van der Waals surface area contributed by atoms with E-state index >= 15 is 0 Å². The molecule has 2 rings (SSSR count). The zero-order valence-electron chi connectivity index (χ0n) is 11.4. The average molecular weight is 277 g/mol. The van der Waals surface area contributed by atoms with Gasteiger partial charge in [-0.25, -0.2) is 0 Å². The predicted octanol–water partition coefficient (Wildman–Crippen LogP) is 0.337. The van der Waals surface area contributed by atoms with E-state index in [-0.39, 0.29) is 23.4 Å². The van der Waals surface area contributed by atoms with Gasteiger partial charge in [0, 0.05) is 32.0 Å². The van der Waals surface area contributed by atoms with Crippen LogP contribution in [0.1, 0.15) is 6.42 Å². The lowest BCUT2D eigenvalue weighted by Gasteiger charge is -2.12. The number of nitrogens with one attached hydrogen (secondary N) is 1. The van der Waals surface area contributed by atoms with Crippen molar-refractivity contribution in [3.05, 3.63) is 40.8 Å². The van der Waals surface area contributed by atoms with Crippen molar-refractivity contribution in [2.24, 2.45) is 11.7 Å². The molecule has 0 fully saturated rings. The average Bonchev–Trinajstić information content (AvgIpc) is 2.86. The number of rotatable bonds is 5. The number of nitrogens with zero attached hydrogens (tertiary/aromatic N) is 1. The normalized spacial score (nSPS) is 21.1. The fourth-order valence-corrected chi connectivity index (χ4v) is 2.13. The van der Waals surface area contributed by atoms with Gasteiger partial charge in [0.1, 0.15) is 0 Å². The van der Waals surface area contributed by atoms with Gasteiger partial charge in [-0.15, -0.1) is 0 Å². The van der Waals surface area contributed by atoms with Gasteiger partial charge in [0.2, 0.25) is 5.91 Å². The third-order valence-corrected chi connectivity index (χ3v) is 3.24. The molecule has 0 saturated heterocycles. The van der Waals surface area contributed by atoms with E-state index in [0.29, 0.717) is 25.3 Å². The first-order valence-electron chi connectivity index (χ1n) is 6.54. The van der Waals surface area contributed by atoms with E-state index in [9.17, 15) is 9.59 Å². The van der Waals surface area contributed by atoms with Gasteiger partial charge < -0.3 is 20.4 Å². The molecule has 1 amide bonds. The molecule has 0 spiro atoms. The number of aromatic nitrogens is 1. The highest BCUT2D eigenvalue weighted by molar-refractivity contribution is 5.93. The maximum absolute atomic E-state index is 12.0. The van der Waals surface area contributed by atoms with E-state index in [4.69, 9.17) is 10.5 Å².